The molecule has 4 aliphatic heterocycles. The molecule has 147 heavy (non-hydrogen) atoms. The van der Waals surface area contributed by atoms with Crippen LogP contribution in [0.1, 0.15) is 125 Å². The average molecular weight is 1910 g/mol. The molecular formula is C141H96N2O2S2. The van der Waals surface area contributed by atoms with Crippen LogP contribution in [0, 0.1) is 5.92 Å². The highest BCUT2D eigenvalue weighted by molar-refractivity contribution is 7.99. The fourth-order valence-electron chi connectivity index (χ4n) is 27.3. The third-order valence-electron chi connectivity index (χ3n) is 33.4. The Labute approximate surface area is 866 Å². The molecule has 6 heteroatoms. The number of anilines is 6. The molecule has 4 spiro atoms. The lowest BCUT2D eigenvalue weighted by Crippen LogP contribution is -2.47. The molecule has 30 rings (SSSR count). The van der Waals surface area contributed by atoms with Gasteiger partial charge in [0.05, 0.1) is 33.0 Å². The molecule has 694 valence electrons. The van der Waals surface area contributed by atoms with E-state index < -0.39 is 21.7 Å². The van der Waals surface area contributed by atoms with Crippen molar-refractivity contribution in [3.05, 3.63) is 627 Å². The Kier molecular flexibility index (Phi) is 19.7. The maximum atomic E-state index is 7.15. The van der Waals surface area contributed by atoms with Crippen LogP contribution in [0.4, 0.5) is 34.1 Å². The number of hydrogen-bond donors (Lipinski definition) is 0. The fraction of sp³-hybridized carbons (Fsp3) is 0.0780. The van der Waals surface area contributed by atoms with Crippen LogP contribution in [0.3, 0.4) is 0 Å². The van der Waals surface area contributed by atoms with Crippen molar-refractivity contribution in [2.75, 3.05) is 9.80 Å². The summed E-state index contributed by atoms with van der Waals surface area (Å²) in [5, 5.41) is 0. The van der Waals surface area contributed by atoms with Crippen molar-refractivity contribution in [2.24, 2.45) is 5.92 Å². The Balaban J connectivity index is 0.560. The van der Waals surface area contributed by atoms with Crippen molar-refractivity contribution < 1.29 is 9.47 Å². The second-order valence-corrected chi connectivity index (χ2v) is 42.8. The van der Waals surface area contributed by atoms with Crippen LogP contribution < -0.4 is 14.5 Å². The molecule has 0 saturated carbocycles. The van der Waals surface area contributed by atoms with Crippen LogP contribution in [-0.2, 0) is 32.8 Å². The van der Waals surface area contributed by atoms with Crippen LogP contribution in [0.25, 0.3) is 72.4 Å². The maximum absolute atomic E-state index is 7.15. The van der Waals surface area contributed by atoms with E-state index in [-0.39, 0.29) is 17.9 Å². The number of ether oxygens (including phenoxy) is 2. The van der Waals surface area contributed by atoms with Gasteiger partial charge in [-0.15, -0.1) is 0 Å². The zero-order valence-corrected chi connectivity index (χ0v) is 82.3. The summed E-state index contributed by atoms with van der Waals surface area (Å²) in [5.74, 6) is 3.01. The smallest absolute Gasteiger partial charge is 0.132 e. The summed E-state index contributed by atoms with van der Waals surface area (Å²) >= 11 is 3.80. The molecule has 19 aromatic carbocycles. The quantitative estimate of drug-likeness (QED) is 0.108. The zero-order valence-electron chi connectivity index (χ0n) is 80.7. The van der Waals surface area contributed by atoms with Gasteiger partial charge in [-0.3, -0.25) is 0 Å². The minimum Gasteiger partial charge on any atom is -0.490 e. The molecule has 0 aromatic heterocycles. The molecule has 11 aliphatic rings. The number of para-hydroxylation sites is 2. The first-order valence-electron chi connectivity index (χ1n) is 51.7. The van der Waals surface area contributed by atoms with E-state index in [0.717, 1.165) is 92.9 Å². The van der Waals surface area contributed by atoms with Crippen molar-refractivity contribution in [3.63, 3.8) is 0 Å². The van der Waals surface area contributed by atoms with Gasteiger partial charge < -0.3 is 19.3 Å². The van der Waals surface area contributed by atoms with Gasteiger partial charge in [0.25, 0.3) is 0 Å². The van der Waals surface area contributed by atoms with Gasteiger partial charge in [-0.05, 0) is 279 Å². The molecule has 5 unspecified atom stereocenters. The summed E-state index contributed by atoms with van der Waals surface area (Å²) in [5.41, 5.74) is 43.6. The summed E-state index contributed by atoms with van der Waals surface area (Å²) in [6.45, 7) is 0. The molecular weight excluding hydrogens is 1820 g/mol. The highest BCUT2D eigenvalue weighted by atomic mass is 32.2. The van der Waals surface area contributed by atoms with Crippen molar-refractivity contribution in [2.45, 2.75) is 78.9 Å². The molecule has 0 N–H and O–H groups in total. The van der Waals surface area contributed by atoms with Crippen LogP contribution in [0.15, 0.2) is 547 Å². The largest absolute Gasteiger partial charge is 0.490 e. The van der Waals surface area contributed by atoms with E-state index in [2.05, 4.69) is 526 Å². The first kappa shape index (κ1) is 85.6. The standard InChI is InChI=1S/C141H96N2O2S2/c1-4-35-91(36-5-1)96-41-31-42-97(83-96)94-69-73-102(74-70-94)143(105-78-80-108-107-44-10-13-47-111(107)139(125(108)88-105)116-52-18-25-63-130(116)145-131-64-26-19-53-117(131)139)127-60-33-58-123-137(127)110-46-12-15-49-113(110)141(123)120-56-22-29-67-134(120)147-135-82-90(68-81-121(135)141)34-30-43-98-89-138(114-50-16-23-61-128(114)144-129-62-24-17-51-115(129)138)124-87-104(77-79-106(98)124)142(103-75-71-95(72-76-103)101-85-99(92-37-6-2-7-38-92)84-100(86-101)93-39-8-3-9-40-93)126-59-32-57-122-136(126)109-45-11-14-48-112(109)140(122)118-54-20-27-65-132(118)146-133-66-28-21-55-119(133)140/h1-25,27-33,35-63,65-83,85-89,99,116,130H,26,34,64,84H2/b43-30-. The number of rotatable bonds is 14. The monoisotopic (exact) mass is 1910 g/mol. The van der Waals surface area contributed by atoms with Crippen LogP contribution in [-0.4, -0.2) is 6.10 Å². The summed E-state index contributed by atoms with van der Waals surface area (Å²) in [6.07, 6.45) is 29.6. The number of benzene rings is 19. The third-order valence-corrected chi connectivity index (χ3v) is 35.6. The molecule has 19 aromatic rings. The maximum Gasteiger partial charge on any atom is 0.132 e. The lowest BCUT2D eigenvalue weighted by Gasteiger charge is -2.49. The summed E-state index contributed by atoms with van der Waals surface area (Å²) < 4.78 is 14.2. The van der Waals surface area contributed by atoms with Crippen molar-refractivity contribution >= 4 is 74.4 Å². The van der Waals surface area contributed by atoms with Crippen molar-refractivity contribution in [1.82, 2.24) is 0 Å². The molecule has 0 fully saturated rings. The molecule has 4 heterocycles. The third kappa shape index (κ3) is 12.8. The van der Waals surface area contributed by atoms with Crippen LogP contribution in [0.5, 0.6) is 11.5 Å². The van der Waals surface area contributed by atoms with Gasteiger partial charge in [0, 0.05) is 88.4 Å². The van der Waals surface area contributed by atoms with E-state index >= 15 is 0 Å². The number of hydrogen-bond acceptors (Lipinski definition) is 6. The van der Waals surface area contributed by atoms with Gasteiger partial charge in [0.15, 0.2) is 0 Å². The molecule has 0 bridgehead atoms. The van der Waals surface area contributed by atoms with E-state index in [1.165, 1.54) is 175 Å². The van der Waals surface area contributed by atoms with Gasteiger partial charge >= 0.3 is 0 Å². The van der Waals surface area contributed by atoms with E-state index in [0.29, 0.717) is 6.42 Å². The lowest BCUT2D eigenvalue weighted by molar-refractivity contribution is 0.0649. The fourth-order valence-corrected chi connectivity index (χ4v) is 29.7. The highest BCUT2D eigenvalue weighted by Crippen LogP contribution is 2.70. The molecule has 5 atom stereocenters. The minimum atomic E-state index is -0.777. The van der Waals surface area contributed by atoms with Gasteiger partial charge in [0.2, 0.25) is 0 Å². The van der Waals surface area contributed by atoms with Crippen molar-refractivity contribution in [3.8, 4) is 67.1 Å². The molecule has 4 nitrogen and oxygen atoms in total. The minimum absolute atomic E-state index is 0.00861. The van der Waals surface area contributed by atoms with E-state index in [9.17, 15) is 0 Å². The molecule has 0 amide bonds. The van der Waals surface area contributed by atoms with Gasteiger partial charge in [-0.1, -0.05) is 430 Å². The van der Waals surface area contributed by atoms with Gasteiger partial charge in [-0.25, -0.2) is 0 Å². The number of fused-ring (bicyclic) bond motifs is 32. The predicted molar refractivity (Wildman–Crippen MR) is 604 cm³/mol. The summed E-state index contributed by atoms with van der Waals surface area (Å²) in [6, 6.07) is 170. The van der Waals surface area contributed by atoms with Crippen LogP contribution >= 0.6 is 23.5 Å². The number of nitrogens with zero attached hydrogens (tertiary/aromatic N) is 2. The van der Waals surface area contributed by atoms with Crippen molar-refractivity contribution in [1.29, 1.82) is 0 Å². The Hall–Kier alpha value is -17.0. The first-order chi connectivity index (χ1) is 72.8. The topological polar surface area (TPSA) is 24.9 Å². The van der Waals surface area contributed by atoms with Gasteiger partial charge in [0.1, 0.15) is 23.4 Å². The SMILES string of the molecule is C1=CC2OC3=C(C=CCC3)C3(c4ccccc4-c4ccc(N(c5ccc(-c6cccc(-c7ccccc7)c6)cc5)c5cccc6c5-c5ccccc5C65c6ccccc6Sc6cc(C/C=C\C7=CC8(c9ccccc9Oc9ccccc98)c8cc(N(c9ccc(C%10=CC(c%11ccccc%11)CC(c%11ccccc%11)=C%10)cc9)c9cccc%10c9-c9ccccc9C%109c%10ccccc%10Sc%10ccccc%109)ccc87)ccc65)cc43)C2C=C1. The number of allylic oxidation sites excluding steroid dienone is 14. The lowest BCUT2D eigenvalue weighted by atomic mass is 9.59. The summed E-state index contributed by atoms with van der Waals surface area (Å²) in [4.78, 5) is 10.2. The van der Waals surface area contributed by atoms with E-state index in [1.807, 2.05) is 23.5 Å². The van der Waals surface area contributed by atoms with E-state index in [4.69, 9.17) is 9.47 Å². The normalized spacial score (nSPS) is 18.8. The Bertz CT molecular complexity index is 8930. The Morgan fingerprint density at radius 1 is 0.347 bits per heavy atom. The first-order valence-corrected chi connectivity index (χ1v) is 53.3. The molecule has 0 saturated heterocycles. The Morgan fingerprint density at radius 3 is 1.45 bits per heavy atom. The summed E-state index contributed by atoms with van der Waals surface area (Å²) in [7, 11) is 0. The molecule has 7 aliphatic carbocycles. The Morgan fingerprint density at radius 2 is 0.823 bits per heavy atom. The molecule has 0 radical (unpaired) electrons. The zero-order chi connectivity index (χ0) is 96.6. The average Bonchev–Trinajstić information content (AvgIpc) is 1.51. The highest BCUT2D eigenvalue weighted by Gasteiger charge is 2.59. The van der Waals surface area contributed by atoms with E-state index in [1.54, 1.807) is 0 Å². The second kappa shape index (κ2) is 33.8. The van der Waals surface area contributed by atoms with Gasteiger partial charge in [-0.2, -0.15) is 0 Å². The van der Waals surface area contributed by atoms with Crippen LogP contribution in [0.2, 0.25) is 0 Å². The second-order valence-electron chi connectivity index (χ2n) is 40.7. The predicted octanol–water partition coefficient (Wildman–Crippen LogP) is 35.9.